The highest BCUT2D eigenvalue weighted by atomic mass is 32.2. The summed E-state index contributed by atoms with van der Waals surface area (Å²) < 4.78 is 60.4. The number of carbonyl (C=O) groups is 1. The molecule has 0 unspecified atom stereocenters. The van der Waals surface area contributed by atoms with E-state index in [1.165, 1.54) is 19.1 Å². The van der Waals surface area contributed by atoms with E-state index in [0.29, 0.717) is 0 Å². The summed E-state index contributed by atoms with van der Waals surface area (Å²) in [5.74, 6) is -0.592. The van der Waals surface area contributed by atoms with E-state index in [0.717, 1.165) is 36.8 Å². The molecule has 0 spiro atoms. The zero-order valence-corrected chi connectivity index (χ0v) is 13.6. The Morgan fingerprint density at radius 3 is 2.17 bits per heavy atom. The van der Waals surface area contributed by atoms with Crippen LogP contribution in [-0.4, -0.2) is 32.4 Å². The lowest BCUT2D eigenvalue weighted by atomic mass is 9.94. The van der Waals surface area contributed by atoms with Crippen LogP contribution in [0.3, 0.4) is 0 Å². The van der Waals surface area contributed by atoms with Crippen molar-refractivity contribution in [1.82, 2.24) is 5.32 Å². The van der Waals surface area contributed by atoms with Gasteiger partial charge in [-0.05, 0) is 37.5 Å². The molecule has 1 atom stereocenters. The highest BCUT2D eigenvalue weighted by Gasteiger charge is 2.45. The van der Waals surface area contributed by atoms with Crippen molar-refractivity contribution in [3.8, 4) is 0 Å². The Morgan fingerprint density at radius 1 is 1.26 bits per heavy atom. The third kappa shape index (κ3) is 4.04. The molecule has 2 rings (SSSR count). The fourth-order valence-corrected chi connectivity index (χ4v) is 2.80. The SMILES string of the molecule is C[C@H](C(=O)NCC1(c2ccc(C(F)(F)F)cc2)CC1)S(C)(=O)=O. The minimum Gasteiger partial charge on any atom is -0.354 e. The lowest BCUT2D eigenvalue weighted by molar-refractivity contribution is -0.137. The van der Waals surface area contributed by atoms with Crippen molar-refractivity contribution in [2.75, 3.05) is 12.8 Å². The Bertz CT molecular complexity index is 692. The number of alkyl halides is 3. The number of hydrogen-bond donors (Lipinski definition) is 1. The second kappa shape index (κ2) is 5.81. The fraction of sp³-hybridized carbons (Fsp3) is 0.533. The van der Waals surface area contributed by atoms with Gasteiger partial charge in [0.1, 0.15) is 5.25 Å². The van der Waals surface area contributed by atoms with Crippen LogP contribution in [0, 0.1) is 0 Å². The van der Waals surface area contributed by atoms with Crippen molar-refractivity contribution in [1.29, 1.82) is 0 Å². The van der Waals surface area contributed by atoms with Crippen molar-refractivity contribution in [3.63, 3.8) is 0 Å². The molecule has 23 heavy (non-hydrogen) atoms. The summed E-state index contributed by atoms with van der Waals surface area (Å²) in [6.07, 6.45) is -1.91. The highest BCUT2D eigenvalue weighted by Crippen LogP contribution is 2.48. The molecule has 0 bridgehead atoms. The number of nitrogens with one attached hydrogen (secondary N) is 1. The Balaban J connectivity index is 2.05. The second-order valence-corrected chi connectivity index (χ2v) is 8.41. The number of carbonyl (C=O) groups excluding carboxylic acids is 1. The van der Waals surface area contributed by atoms with E-state index >= 15 is 0 Å². The van der Waals surface area contributed by atoms with Crippen molar-refractivity contribution in [2.24, 2.45) is 0 Å². The monoisotopic (exact) mass is 349 g/mol. The molecular weight excluding hydrogens is 331 g/mol. The molecule has 0 radical (unpaired) electrons. The summed E-state index contributed by atoms with van der Waals surface area (Å²) in [4.78, 5) is 11.8. The maximum Gasteiger partial charge on any atom is 0.416 e. The lowest BCUT2D eigenvalue weighted by Gasteiger charge is -2.19. The summed E-state index contributed by atoms with van der Waals surface area (Å²) in [7, 11) is -3.47. The van der Waals surface area contributed by atoms with Crippen molar-refractivity contribution >= 4 is 15.7 Å². The van der Waals surface area contributed by atoms with E-state index in [9.17, 15) is 26.4 Å². The lowest BCUT2D eigenvalue weighted by Crippen LogP contribution is -2.41. The number of halogens is 3. The fourth-order valence-electron chi connectivity index (χ4n) is 2.33. The minimum atomic E-state index is -4.38. The molecule has 1 aromatic rings. The molecule has 1 fully saturated rings. The maximum absolute atomic E-state index is 12.6. The first-order valence-electron chi connectivity index (χ1n) is 7.10. The normalized spacial score (nSPS) is 18.3. The molecule has 1 aliphatic rings. The molecule has 0 saturated heterocycles. The van der Waals surface area contributed by atoms with Gasteiger partial charge in [0, 0.05) is 18.2 Å². The van der Waals surface area contributed by atoms with Gasteiger partial charge in [-0.1, -0.05) is 12.1 Å². The van der Waals surface area contributed by atoms with E-state index in [4.69, 9.17) is 0 Å². The molecule has 8 heteroatoms. The van der Waals surface area contributed by atoms with Crippen LogP contribution in [0.5, 0.6) is 0 Å². The van der Waals surface area contributed by atoms with E-state index in [1.807, 2.05) is 0 Å². The summed E-state index contributed by atoms with van der Waals surface area (Å²) in [6.45, 7) is 1.53. The highest BCUT2D eigenvalue weighted by molar-refractivity contribution is 7.92. The summed E-state index contributed by atoms with van der Waals surface area (Å²) in [5, 5.41) is 1.45. The number of sulfone groups is 1. The van der Waals surface area contributed by atoms with Crippen LogP contribution >= 0.6 is 0 Å². The standard InChI is InChI=1S/C15H18F3NO3S/c1-10(23(2,21)22)13(20)19-9-14(7-8-14)11-3-5-12(6-4-11)15(16,17)18/h3-6,10H,7-9H2,1-2H3,(H,19,20)/t10-/m1/s1. The van der Waals surface area contributed by atoms with Gasteiger partial charge in [0.05, 0.1) is 5.56 Å². The Labute approximate surface area is 133 Å². The first-order chi connectivity index (χ1) is 10.5. The minimum absolute atomic E-state index is 0.219. The zero-order chi connectivity index (χ0) is 17.5. The molecule has 128 valence electrons. The molecule has 4 nitrogen and oxygen atoms in total. The van der Waals surface area contributed by atoms with Gasteiger partial charge < -0.3 is 5.32 Å². The van der Waals surface area contributed by atoms with Crippen LogP contribution in [0.15, 0.2) is 24.3 Å². The second-order valence-electron chi connectivity index (χ2n) is 6.04. The van der Waals surface area contributed by atoms with Crippen molar-refractivity contribution in [2.45, 2.75) is 36.6 Å². The average molecular weight is 349 g/mol. The number of amides is 1. The smallest absolute Gasteiger partial charge is 0.354 e. The maximum atomic E-state index is 12.6. The van der Waals surface area contributed by atoms with Gasteiger partial charge in [0.2, 0.25) is 5.91 Å². The zero-order valence-electron chi connectivity index (χ0n) is 12.8. The van der Waals surface area contributed by atoms with Crippen molar-refractivity contribution < 1.29 is 26.4 Å². The van der Waals surface area contributed by atoms with Gasteiger partial charge in [-0.25, -0.2) is 8.42 Å². The van der Waals surface area contributed by atoms with Gasteiger partial charge in [-0.2, -0.15) is 13.2 Å². The van der Waals surface area contributed by atoms with Crippen LogP contribution in [0.1, 0.15) is 30.9 Å². The van der Waals surface area contributed by atoms with Crippen LogP contribution in [0.25, 0.3) is 0 Å². The third-order valence-corrected chi connectivity index (χ3v) is 5.79. The van der Waals surface area contributed by atoms with Gasteiger partial charge in [-0.3, -0.25) is 4.79 Å². The van der Waals surface area contributed by atoms with Crippen LogP contribution in [-0.2, 0) is 26.2 Å². The molecule has 1 aliphatic carbocycles. The molecule has 0 aromatic heterocycles. The van der Waals surface area contributed by atoms with E-state index in [2.05, 4.69) is 5.32 Å². The summed E-state index contributed by atoms with van der Waals surface area (Å²) in [5.41, 5.74) is -0.388. The summed E-state index contributed by atoms with van der Waals surface area (Å²) in [6, 6.07) is 4.89. The van der Waals surface area contributed by atoms with Gasteiger partial charge in [0.15, 0.2) is 9.84 Å². The molecule has 0 aliphatic heterocycles. The molecule has 1 saturated carbocycles. The number of benzene rings is 1. The van der Waals surface area contributed by atoms with Gasteiger partial charge >= 0.3 is 6.18 Å². The molecular formula is C15H18F3NO3S. The van der Waals surface area contributed by atoms with Crippen LogP contribution in [0.2, 0.25) is 0 Å². The molecule has 1 N–H and O–H groups in total. The Morgan fingerprint density at radius 2 is 1.78 bits per heavy atom. The van der Waals surface area contributed by atoms with Gasteiger partial charge in [-0.15, -0.1) is 0 Å². The Hall–Kier alpha value is -1.57. The van der Waals surface area contributed by atoms with Gasteiger partial charge in [0.25, 0.3) is 0 Å². The Kier molecular flexibility index (Phi) is 4.49. The van der Waals surface area contributed by atoms with E-state index in [-0.39, 0.29) is 6.54 Å². The molecule has 0 heterocycles. The topological polar surface area (TPSA) is 63.2 Å². The third-order valence-electron chi connectivity index (χ3n) is 4.29. The first-order valence-corrected chi connectivity index (χ1v) is 9.05. The average Bonchev–Trinajstić information content (AvgIpc) is 3.23. The molecule has 1 amide bonds. The summed E-state index contributed by atoms with van der Waals surface area (Å²) >= 11 is 0. The first kappa shape index (κ1) is 17.8. The number of hydrogen-bond acceptors (Lipinski definition) is 3. The van der Waals surface area contributed by atoms with E-state index in [1.54, 1.807) is 0 Å². The van der Waals surface area contributed by atoms with E-state index < -0.39 is 38.1 Å². The van der Waals surface area contributed by atoms with Crippen LogP contribution < -0.4 is 5.32 Å². The number of rotatable bonds is 5. The largest absolute Gasteiger partial charge is 0.416 e. The predicted molar refractivity (Wildman–Crippen MR) is 79.7 cm³/mol. The quantitative estimate of drug-likeness (QED) is 0.887. The van der Waals surface area contributed by atoms with Crippen LogP contribution in [0.4, 0.5) is 13.2 Å². The predicted octanol–water partition coefficient (Wildman–Crippen LogP) is 2.29. The van der Waals surface area contributed by atoms with Crippen molar-refractivity contribution in [3.05, 3.63) is 35.4 Å². The molecule has 1 aromatic carbocycles.